The number of fused-ring (bicyclic) bond motifs is 1. The van der Waals surface area contributed by atoms with Crippen LogP contribution in [0.2, 0.25) is 0 Å². The maximum absolute atomic E-state index is 5.37. The van der Waals surface area contributed by atoms with Crippen LogP contribution in [0.15, 0.2) is 54.6 Å². The van der Waals surface area contributed by atoms with Gasteiger partial charge in [0.2, 0.25) is 0 Å². The Bertz CT molecular complexity index is 756. The number of nitrogens with one attached hydrogen (secondary N) is 1. The molecule has 2 aromatic carbocycles. The first-order valence-corrected chi connectivity index (χ1v) is 7.76. The van der Waals surface area contributed by atoms with Crippen molar-refractivity contribution in [1.82, 2.24) is 4.98 Å². The number of anilines is 1. The molecule has 0 spiro atoms. The number of aromatic nitrogens is 1. The maximum Gasteiger partial charge on any atom is 0.145 e. The maximum atomic E-state index is 5.37. The third kappa shape index (κ3) is 3.26. The van der Waals surface area contributed by atoms with Gasteiger partial charge in [0.1, 0.15) is 11.3 Å². The number of methoxy groups -OCH3 is 1. The number of hydrogen-bond donors (Lipinski definition) is 1. The molecule has 0 aliphatic heterocycles. The normalized spacial score (nSPS) is 10.6. The van der Waals surface area contributed by atoms with Gasteiger partial charge in [-0.2, -0.15) is 0 Å². The van der Waals surface area contributed by atoms with Crippen LogP contribution in [0.3, 0.4) is 0 Å². The van der Waals surface area contributed by atoms with Crippen molar-refractivity contribution in [2.24, 2.45) is 0 Å². The standard InChI is InChI=1S/C17H15IN2O/c1-21-16-4-2-3-12-5-8-15(20-17(12)16)11-19-14-9-6-13(18)7-10-14/h2-10,19H,11H2,1H3. The summed E-state index contributed by atoms with van der Waals surface area (Å²) in [4.78, 5) is 4.69. The van der Waals surface area contributed by atoms with E-state index in [4.69, 9.17) is 4.74 Å². The zero-order valence-electron chi connectivity index (χ0n) is 11.6. The summed E-state index contributed by atoms with van der Waals surface area (Å²) >= 11 is 2.30. The van der Waals surface area contributed by atoms with Crippen LogP contribution >= 0.6 is 22.6 Å². The lowest BCUT2D eigenvalue weighted by Gasteiger charge is -2.09. The average molecular weight is 390 g/mol. The number of para-hydroxylation sites is 1. The molecular weight excluding hydrogens is 375 g/mol. The fourth-order valence-electron chi connectivity index (χ4n) is 2.18. The van der Waals surface area contributed by atoms with Crippen LogP contribution in [0, 0.1) is 3.57 Å². The average Bonchev–Trinajstić information content (AvgIpc) is 2.53. The molecule has 0 bridgehead atoms. The predicted molar refractivity (Wildman–Crippen MR) is 94.8 cm³/mol. The molecule has 0 unspecified atom stereocenters. The van der Waals surface area contributed by atoms with E-state index in [2.05, 4.69) is 63.2 Å². The summed E-state index contributed by atoms with van der Waals surface area (Å²) in [5, 5.41) is 4.47. The van der Waals surface area contributed by atoms with E-state index in [9.17, 15) is 0 Å². The quantitative estimate of drug-likeness (QED) is 0.668. The van der Waals surface area contributed by atoms with Crippen LogP contribution in [-0.2, 0) is 6.54 Å². The van der Waals surface area contributed by atoms with Gasteiger partial charge in [-0.05, 0) is 59.0 Å². The highest BCUT2D eigenvalue weighted by atomic mass is 127. The first-order chi connectivity index (χ1) is 10.3. The number of ether oxygens (including phenoxy) is 1. The van der Waals surface area contributed by atoms with Crippen molar-refractivity contribution in [1.29, 1.82) is 0 Å². The van der Waals surface area contributed by atoms with Crippen molar-refractivity contribution in [2.45, 2.75) is 6.54 Å². The van der Waals surface area contributed by atoms with Gasteiger partial charge in [0.05, 0.1) is 19.3 Å². The van der Waals surface area contributed by atoms with Gasteiger partial charge < -0.3 is 10.1 Å². The van der Waals surface area contributed by atoms with Crippen LogP contribution in [0.5, 0.6) is 5.75 Å². The molecule has 0 aliphatic carbocycles. The largest absolute Gasteiger partial charge is 0.494 e. The molecule has 0 amide bonds. The summed E-state index contributed by atoms with van der Waals surface area (Å²) < 4.78 is 6.60. The fourth-order valence-corrected chi connectivity index (χ4v) is 2.54. The molecule has 1 N–H and O–H groups in total. The Labute approximate surface area is 137 Å². The fraction of sp³-hybridized carbons (Fsp3) is 0.118. The SMILES string of the molecule is COc1cccc2ccc(CNc3ccc(I)cc3)nc12. The molecule has 21 heavy (non-hydrogen) atoms. The monoisotopic (exact) mass is 390 g/mol. The van der Waals surface area contributed by atoms with Crippen molar-refractivity contribution in [3.8, 4) is 5.75 Å². The highest BCUT2D eigenvalue weighted by Gasteiger charge is 2.04. The lowest BCUT2D eigenvalue weighted by molar-refractivity contribution is 0.419. The van der Waals surface area contributed by atoms with Gasteiger partial charge in [-0.15, -0.1) is 0 Å². The molecule has 0 aliphatic rings. The number of pyridine rings is 1. The van der Waals surface area contributed by atoms with E-state index in [-0.39, 0.29) is 0 Å². The summed E-state index contributed by atoms with van der Waals surface area (Å²) in [5.74, 6) is 0.809. The Balaban J connectivity index is 1.82. The second-order valence-electron chi connectivity index (χ2n) is 4.70. The van der Waals surface area contributed by atoms with Gasteiger partial charge >= 0.3 is 0 Å². The Morgan fingerprint density at radius 3 is 2.62 bits per heavy atom. The number of hydrogen-bond acceptors (Lipinski definition) is 3. The van der Waals surface area contributed by atoms with Crippen molar-refractivity contribution in [3.05, 3.63) is 63.9 Å². The number of benzene rings is 2. The van der Waals surface area contributed by atoms with E-state index in [1.54, 1.807) is 7.11 Å². The molecule has 3 nitrogen and oxygen atoms in total. The van der Waals surface area contributed by atoms with Crippen LogP contribution in [0.4, 0.5) is 5.69 Å². The van der Waals surface area contributed by atoms with Crippen LogP contribution in [0.1, 0.15) is 5.69 Å². The van der Waals surface area contributed by atoms with Crippen molar-refractivity contribution in [2.75, 3.05) is 12.4 Å². The molecule has 3 rings (SSSR count). The highest BCUT2D eigenvalue weighted by Crippen LogP contribution is 2.23. The summed E-state index contributed by atoms with van der Waals surface area (Å²) in [6.07, 6.45) is 0. The van der Waals surface area contributed by atoms with Crippen LogP contribution in [-0.4, -0.2) is 12.1 Å². The molecule has 0 fully saturated rings. The first kappa shape index (κ1) is 14.1. The number of rotatable bonds is 4. The third-order valence-electron chi connectivity index (χ3n) is 3.28. The number of nitrogens with zero attached hydrogens (tertiary/aromatic N) is 1. The van der Waals surface area contributed by atoms with Crippen molar-refractivity contribution >= 4 is 39.2 Å². The molecule has 0 saturated carbocycles. The molecule has 106 valence electrons. The van der Waals surface area contributed by atoms with E-state index >= 15 is 0 Å². The van der Waals surface area contributed by atoms with Gasteiger partial charge in [-0.25, -0.2) is 4.98 Å². The summed E-state index contributed by atoms with van der Waals surface area (Å²) in [6, 6.07) is 18.4. The van der Waals surface area contributed by atoms with E-state index in [1.807, 2.05) is 24.3 Å². The molecule has 0 radical (unpaired) electrons. The minimum Gasteiger partial charge on any atom is -0.494 e. The van der Waals surface area contributed by atoms with Crippen LogP contribution < -0.4 is 10.1 Å². The smallest absolute Gasteiger partial charge is 0.145 e. The predicted octanol–water partition coefficient (Wildman–Crippen LogP) is 4.46. The summed E-state index contributed by atoms with van der Waals surface area (Å²) in [7, 11) is 1.67. The van der Waals surface area contributed by atoms with Crippen molar-refractivity contribution in [3.63, 3.8) is 0 Å². The zero-order valence-corrected chi connectivity index (χ0v) is 13.8. The first-order valence-electron chi connectivity index (χ1n) is 6.68. The lowest BCUT2D eigenvalue weighted by Crippen LogP contribution is -2.02. The molecule has 3 aromatic rings. The molecule has 1 heterocycles. The third-order valence-corrected chi connectivity index (χ3v) is 4.00. The van der Waals surface area contributed by atoms with Gasteiger partial charge in [0.15, 0.2) is 0 Å². The minimum absolute atomic E-state index is 0.689. The Hall–Kier alpha value is -1.82. The molecule has 1 aromatic heterocycles. The van der Waals surface area contributed by atoms with Gasteiger partial charge in [0.25, 0.3) is 0 Å². The van der Waals surface area contributed by atoms with Gasteiger partial charge in [-0.1, -0.05) is 18.2 Å². The Morgan fingerprint density at radius 2 is 1.86 bits per heavy atom. The summed E-state index contributed by atoms with van der Waals surface area (Å²) in [5.41, 5.74) is 2.99. The van der Waals surface area contributed by atoms with Gasteiger partial charge in [0, 0.05) is 14.6 Å². The molecule has 0 atom stereocenters. The van der Waals surface area contributed by atoms with Crippen molar-refractivity contribution < 1.29 is 4.74 Å². The Kier molecular flexibility index (Phi) is 4.24. The topological polar surface area (TPSA) is 34.1 Å². The molecular formula is C17H15IN2O. The summed E-state index contributed by atoms with van der Waals surface area (Å²) in [6.45, 7) is 0.689. The van der Waals surface area contributed by atoms with E-state index in [0.717, 1.165) is 28.0 Å². The number of halogens is 1. The Morgan fingerprint density at radius 1 is 1.05 bits per heavy atom. The van der Waals surface area contributed by atoms with E-state index < -0.39 is 0 Å². The van der Waals surface area contributed by atoms with E-state index in [1.165, 1.54) is 3.57 Å². The van der Waals surface area contributed by atoms with E-state index in [0.29, 0.717) is 6.54 Å². The van der Waals surface area contributed by atoms with Gasteiger partial charge in [-0.3, -0.25) is 0 Å². The minimum atomic E-state index is 0.689. The second kappa shape index (κ2) is 6.30. The molecule has 4 heteroatoms. The zero-order chi connectivity index (χ0) is 14.7. The molecule has 0 saturated heterocycles. The lowest BCUT2D eigenvalue weighted by atomic mass is 10.2. The second-order valence-corrected chi connectivity index (χ2v) is 5.94. The van der Waals surface area contributed by atoms with Crippen LogP contribution in [0.25, 0.3) is 10.9 Å². The highest BCUT2D eigenvalue weighted by molar-refractivity contribution is 14.1.